The highest BCUT2D eigenvalue weighted by atomic mass is 16.5. The minimum atomic E-state index is 0.567. The van der Waals surface area contributed by atoms with E-state index >= 15 is 0 Å². The van der Waals surface area contributed by atoms with Crippen molar-refractivity contribution in [1.82, 2.24) is 9.97 Å². The van der Waals surface area contributed by atoms with Crippen LogP contribution in [0.2, 0.25) is 0 Å². The molecular formula is C11H13N3O. The number of hydrogen-bond donors (Lipinski definition) is 1. The molecule has 0 spiro atoms. The van der Waals surface area contributed by atoms with Crippen molar-refractivity contribution in [3.63, 3.8) is 0 Å². The molecule has 0 aromatic carbocycles. The van der Waals surface area contributed by atoms with Crippen LogP contribution in [-0.4, -0.2) is 9.97 Å². The Labute approximate surface area is 87.5 Å². The highest BCUT2D eigenvalue weighted by Gasteiger charge is 2.20. The first-order valence-electron chi connectivity index (χ1n) is 5.41. The maximum Gasteiger partial charge on any atom is 0.206 e. The molecule has 2 aromatic heterocycles. The van der Waals surface area contributed by atoms with E-state index in [0.717, 1.165) is 21.6 Å². The molecule has 4 nitrogen and oxygen atoms in total. The van der Waals surface area contributed by atoms with Crippen molar-refractivity contribution in [3.05, 3.63) is 29.5 Å². The Morgan fingerprint density at radius 1 is 1.40 bits per heavy atom. The Hall–Kier alpha value is -1.58. The number of nitrogens with zero attached hydrogens (tertiary/aromatic N) is 2. The lowest BCUT2D eigenvalue weighted by atomic mass is 10.1. The van der Waals surface area contributed by atoms with Gasteiger partial charge in [0, 0.05) is 12.0 Å². The van der Waals surface area contributed by atoms with E-state index in [1.54, 1.807) is 12.3 Å². The van der Waals surface area contributed by atoms with E-state index in [-0.39, 0.29) is 0 Å². The Morgan fingerprint density at radius 2 is 2.20 bits per heavy atom. The van der Waals surface area contributed by atoms with Gasteiger partial charge in [0.05, 0.1) is 0 Å². The highest BCUT2D eigenvalue weighted by molar-refractivity contribution is 5.72. The first-order valence-corrected chi connectivity index (χ1v) is 5.41. The SMILES string of the molecule is [O-][n+]1ccc2nc(C3CCCC3)[nH]c2c1. The molecule has 1 saturated carbocycles. The molecule has 1 fully saturated rings. The molecule has 2 heterocycles. The number of imidazole rings is 1. The first-order chi connectivity index (χ1) is 7.33. The predicted octanol–water partition coefficient (Wildman–Crippen LogP) is 1.85. The van der Waals surface area contributed by atoms with Crippen LogP contribution in [0, 0.1) is 5.21 Å². The minimum absolute atomic E-state index is 0.567. The average molecular weight is 203 g/mol. The smallest absolute Gasteiger partial charge is 0.206 e. The lowest BCUT2D eigenvalue weighted by molar-refractivity contribution is -0.604. The monoisotopic (exact) mass is 203 g/mol. The Kier molecular flexibility index (Phi) is 1.87. The zero-order valence-corrected chi connectivity index (χ0v) is 8.44. The van der Waals surface area contributed by atoms with E-state index in [0.29, 0.717) is 5.92 Å². The van der Waals surface area contributed by atoms with E-state index in [1.165, 1.54) is 31.9 Å². The van der Waals surface area contributed by atoms with Gasteiger partial charge in [0.1, 0.15) is 16.9 Å². The number of pyridine rings is 1. The number of hydrogen-bond acceptors (Lipinski definition) is 2. The topological polar surface area (TPSA) is 55.6 Å². The fourth-order valence-electron chi connectivity index (χ4n) is 2.35. The summed E-state index contributed by atoms with van der Waals surface area (Å²) in [5.41, 5.74) is 1.73. The average Bonchev–Trinajstić information content (AvgIpc) is 2.84. The first kappa shape index (κ1) is 8.71. The second-order valence-electron chi connectivity index (χ2n) is 4.21. The Morgan fingerprint density at radius 3 is 3.00 bits per heavy atom. The van der Waals surface area contributed by atoms with Crippen LogP contribution in [0.4, 0.5) is 0 Å². The molecule has 0 bridgehead atoms. The third-order valence-electron chi connectivity index (χ3n) is 3.16. The van der Waals surface area contributed by atoms with E-state index in [9.17, 15) is 5.21 Å². The Bertz CT molecular complexity index is 486. The molecule has 15 heavy (non-hydrogen) atoms. The quantitative estimate of drug-likeness (QED) is 0.568. The van der Waals surface area contributed by atoms with Crippen molar-refractivity contribution in [2.75, 3.05) is 0 Å². The fraction of sp³-hybridized carbons (Fsp3) is 0.455. The molecule has 2 aromatic rings. The van der Waals surface area contributed by atoms with E-state index < -0.39 is 0 Å². The largest absolute Gasteiger partial charge is 0.619 e. The second-order valence-corrected chi connectivity index (χ2v) is 4.21. The summed E-state index contributed by atoms with van der Waals surface area (Å²) in [5.74, 6) is 1.62. The van der Waals surface area contributed by atoms with Crippen molar-refractivity contribution in [3.8, 4) is 0 Å². The van der Waals surface area contributed by atoms with Crippen LogP contribution in [0.3, 0.4) is 0 Å². The van der Waals surface area contributed by atoms with Gasteiger partial charge < -0.3 is 10.2 Å². The molecule has 0 atom stereocenters. The van der Waals surface area contributed by atoms with Crippen LogP contribution in [0.5, 0.6) is 0 Å². The third-order valence-corrected chi connectivity index (χ3v) is 3.16. The normalized spacial score (nSPS) is 17.6. The molecule has 78 valence electrons. The van der Waals surface area contributed by atoms with Crippen LogP contribution in [0.25, 0.3) is 11.0 Å². The summed E-state index contributed by atoms with van der Waals surface area (Å²) in [7, 11) is 0. The maximum atomic E-state index is 11.1. The standard InChI is InChI=1S/C11H13N3O/c15-14-6-5-9-10(7-14)13-11(12-9)8-3-1-2-4-8/h5-8H,1-4H2,(H,12,13). The molecule has 0 unspecified atom stereocenters. The van der Waals surface area contributed by atoms with Gasteiger partial charge in [-0.1, -0.05) is 12.8 Å². The summed E-state index contributed by atoms with van der Waals surface area (Å²) >= 11 is 0. The molecule has 0 amide bonds. The minimum Gasteiger partial charge on any atom is -0.619 e. The number of H-pyrrole nitrogens is 1. The summed E-state index contributed by atoms with van der Waals surface area (Å²) in [6.07, 6.45) is 8.06. The highest BCUT2D eigenvalue weighted by Crippen LogP contribution is 2.32. The molecular weight excluding hydrogens is 190 g/mol. The zero-order chi connectivity index (χ0) is 10.3. The second kappa shape index (κ2) is 3.22. The van der Waals surface area contributed by atoms with Crippen molar-refractivity contribution < 1.29 is 4.73 Å². The van der Waals surface area contributed by atoms with Gasteiger partial charge >= 0.3 is 0 Å². The number of nitrogens with one attached hydrogen (secondary N) is 1. The lowest BCUT2D eigenvalue weighted by Gasteiger charge is -2.02. The van der Waals surface area contributed by atoms with Crippen molar-refractivity contribution in [2.45, 2.75) is 31.6 Å². The van der Waals surface area contributed by atoms with Gasteiger partial charge in [0.25, 0.3) is 0 Å². The van der Waals surface area contributed by atoms with E-state index in [2.05, 4.69) is 9.97 Å². The van der Waals surface area contributed by atoms with Gasteiger partial charge in [-0.25, -0.2) is 4.98 Å². The van der Waals surface area contributed by atoms with Gasteiger partial charge in [-0.15, -0.1) is 0 Å². The summed E-state index contributed by atoms with van der Waals surface area (Å²) < 4.78 is 0.805. The van der Waals surface area contributed by atoms with Gasteiger partial charge in [-0.2, -0.15) is 4.73 Å². The predicted molar refractivity (Wildman–Crippen MR) is 56.3 cm³/mol. The van der Waals surface area contributed by atoms with Crippen molar-refractivity contribution in [1.29, 1.82) is 0 Å². The van der Waals surface area contributed by atoms with Crippen LogP contribution >= 0.6 is 0 Å². The molecule has 0 saturated heterocycles. The number of rotatable bonds is 1. The number of aromatic nitrogens is 3. The summed E-state index contributed by atoms with van der Waals surface area (Å²) in [5, 5.41) is 11.1. The van der Waals surface area contributed by atoms with Crippen LogP contribution in [0.1, 0.15) is 37.4 Å². The molecule has 1 aliphatic rings. The number of aromatic amines is 1. The Balaban J connectivity index is 2.05. The summed E-state index contributed by atoms with van der Waals surface area (Å²) in [6, 6.07) is 1.76. The third kappa shape index (κ3) is 1.46. The number of fused-ring (bicyclic) bond motifs is 1. The maximum absolute atomic E-state index is 11.1. The fourth-order valence-corrected chi connectivity index (χ4v) is 2.35. The van der Waals surface area contributed by atoms with Gasteiger partial charge in [-0.05, 0) is 12.8 Å². The molecule has 1 N–H and O–H groups in total. The van der Waals surface area contributed by atoms with Crippen molar-refractivity contribution in [2.24, 2.45) is 0 Å². The zero-order valence-electron chi connectivity index (χ0n) is 8.44. The molecule has 0 radical (unpaired) electrons. The van der Waals surface area contributed by atoms with Gasteiger partial charge in [0.2, 0.25) is 6.20 Å². The molecule has 1 aliphatic carbocycles. The van der Waals surface area contributed by atoms with Crippen LogP contribution in [0.15, 0.2) is 18.5 Å². The lowest BCUT2D eigenvalue weighted by Crippen LogP contribution is -2.23. The molecule has 0 aliphatic heterocycles. The van der Waals surface area contributed by atoms with Crippen molar-refractivity contribution >= 4 is 11.0 Å². The molecule has 4 heteroatoms. The van der Waals surface area contributed by atoms with E-state index in [4.69, 9.17) is 0 Å². The summed E-state index contributed by atoms with van der Waals surface area (Å²) in [4.78, 5) is 7.77. The van der Waals surface area contributed by atoms with Crippen LogP contribution < -0.4 is 4.73 Å². The summed E-state index contributed by atoms with van der Waals surface area (Å²) in [6.45, 7) is 0. The van der Waals surface area contributed by atoms with Gasteiger partial charge in [0.15, 0.2) is 6.20 Å². The van der Waals surface area contributed by atoms with E-state index in [1.807, 2.05) is 0 Å². The van der Waals surface area contributed by atoms with Gasteiger partial charge in [-0.3, -0.25) is 0 Å². The molecule has 3 rings (SSSR count). The van der Waals surface area contributed by atoms with Crippen LogP contribution in [-0.2, 0) is 0 Å².